The van der Waals surface area contributed by atoms with Crippen molar-refractivity contribution in [3.63, 3.8) is 0 Å². The fourth-order valence-electron chi connectivity index (χ4n) is 7.92. The molecule has 0 rings (SSSR count). The van der Waals surface area contributed by atoms with Crippen LogP contribution in [0, 0.1) is 0 Å². The minimum atomic E-state index is -0.687. The second-order valence-corrected chi connectivity index (χ2v) is 31.0. The van der Waals surface area contributed by atoms with E-state index >= 15 is 0 Å². The van der Waals surface area contributed by atoms with Crippen LogP contribution in [0.25, 0.3) is 0 Å². The van der Waals surface area contributed by atoms with E-state index in [-0.39, 0.29) is 95.7 Å². The Labute approximate surface area is 909 Å². The number of methoxy groups -OCH3 is 6. The van der Waals surface area contributed by atoms with Gasteiger partial charge in [0.05, 0.1) is 120 Å². The summed E-state index contributed by atoms with van der Waals surface area (Å²) in [5.41, 5.74) is 0.386. The summed E-state index contributed by atoms with van der Waals surface area (Å²) in [7, 11) is 45.2. The monoisotopic (exact) mass is 2280 g/mol. The first-order chi connectivity index (χ1) is 68.0. The Balaban J connectivity index is -0.000000143. The molecule has 0 aromatic rings. The fourth-order valence-corrected chi connectivity index (χ4v) is 7.92. The summed E-state index contributed by atoms with van der Waals surface area (Å²) in [5, 5.41) is 91.3. The van der Waals surface area contributed by atoms with E-state index in [4.69, 9.17) is 33.2 Å². The third-order valence-corrected chi connectivity index (χ3v) is 16.3. The molecule has 17 amide bonds. The smallest absolute Gasteiger partial charge is 0.325 e. The van der Waals surface area contributed by atoms with E-state index in [1.165, 1.54) is 218 Å². The van der Waals surface area contributed by atoms with Gasteiger partial charge in [-0.3, -0.25) is 91.1 Å². The van der Waals surface area contributed by atoms with Gasteiger partial charge in [-0.05, 0) is 20.8 Å². The predicted octanol–water partition coefficient (Wildman–Crippen LogP) is -2.72. The summed E-state index contributed by atoms with van der Waals surface area (Å²) >= 11 is 0. The van der Waals surface area contributed by atoms with Crippen molar-refractivity contribution in [3.8, 4) is 0 Å². The van der Waals surface area contributed by atoms with Gasteiger partial charge in [0.2, 0.25) is 35.4 Å². The van der Waals surface area contributed by atoms with Crippen LogP contribution in [0.1, 0.15) is 20.8 Å². The number of aliphatic hydroxyl groups excluding tert-OH is 9. The molecular formula is C92H160Fe3N18O37. The average Bonchev–Trinajstić information content (AvgIpc) is 0.921. The molecule has 0 fully saturated rings. The van der Waals surface area contributed by atoms with Gasteiger partial charge in [-0.15, -0.1) is 0 Å². The van der Waals surface area contributed by atoms with Crippen LogP contribution < -0.4 is 16.0 Å². The number of likely N-dealkylation sites (N-methyl/N-ethyl adjacent to an activating group) is 15. The first kappa shape index (κ1) is 161. The zero-order chi connectivity index (χ0) is 117. The minimum Gasteiger partial charge on any atom is -0.506 e. The van der Waals surface area contributed by atoms with E-state index in [1.807, 2.05) is 6.92 Å². The van der Waals surface area contributed by atoms with Gasteiger partial charge in [0.25, 0.3) is 65.0 Å². The molecule has 150 heavy (non-hydrogen) atoms. The summed E-state index contributed by atoms with van der Waals surface area (Å²) in [6.07, 6.45) is 7.90. The van der Waals surface area contributed by atoms with Crippen LogP contribution in [-0.4, -0.2) is 562 Å². The summed E-state index contributed by atoms with van der Waals surface area (Å²) in [5.74, 6) is -15.2. The fraction of sp³-hybridized carbons (Fsp3) is 0.554. The minimum absolute atomic E-state index is 0. The number of rotatable bonds is 47. The molecule has 0 bridgehead atoms. The van der Waals surface area contributed by atoms with Crippen LogP contribution in [0.5, 0.6) is 0 Å². The van der Waals surface area contributed by atoms with Gasteiger partial charge < -0.3 is 178 Å². The van der Waals surface area contributed by atoms with Crippen molar-refractivity contribution in [1.29, 1.82) is 0 Å². The van der Waals surface area contributed by atoms with Crippen molar-refractivity contribution >= 4 is 112 Å². The maximum absolute atomic E-state index is 11.6. The molecule has 0 saturated heterocycles. The van der Waals surface area contributed by atoms with Crippen molar-refractivity contribution in [2.24, 2.45) is 0 Å². The van der Waals surface area contributed by atoms with Crippen LogP contribution >= 0.6 is 0 Å². The zero-order valence-electron chi connectivity index (χ0n) is 92.1. The standard InChI is InChI=1S/C12H20N2O4.2C11H18N2O5.3C10H18N2O4.C10H18N2O3.2C9H16N2O4.3Fe/c1-6-18-9(2)8-14(5)11(16)7-10(15)12(17)13(3)4;2*1-5-18-10(16)7-13(4)9(15)6-8(14)11(17)12(2)3;3*1-11(2)10(15)8(13)7-9(14)12(3)5-6-16-4;1-8(12(2)3)9(13)7-10(14)11-5-6-15-4;2*1-11(2)9(14)7(12)6-8(13)10-4-5-15-3;;;/h7,15H,2,6,8H2,1,3-5H3;2*6,14H,5,7H2,1-4H3;3*7,13H,5-6H2,1-4H3;7,13H,1,5-6H2,2-4H3,(H,11,14);2*6,12H,4-5H2,1-3H3,(H,10,13);;;. The van der Waals surface area contributed by atoms with Crippen molar-refractivity contribution in [1.82, 2.24) is 89.4 Å². The van der Waals surface area contributed by atoms with Crippen molar-refractivity contribution in [3.05, 3.63) is 131 Å². The number of nitrogens with one attached hydrogen (secondary N) is 3. The largest absolute Gasteiger partial charge is 0.506 e. The molecule has 0 unspecified atom stereocenters. The van der Waals surface area contributed by atoms with Gasteiger partial charge >= 0.3 is 11.9 Å². The molecule has 0 aliphatic heterocycles. The molecule has 0 radical (unpaired) electrons. The van der Waals surface area contributed by atoms with Crippen molar-refractivity contribution in [2.75, 3.05) is 330 Å². The van der Waals surface area contributed by atoms with E-state index in [0.717, 1.165) is 74.3 Å². The molecule has 12 N–H and O–H groups in total. The molecule has 0 aliphatic rings. The third kappa shape index (κ3) is 86.2. The Morgan fingerprint density at radius 1 is 0.233 bits per heavy atom. The summed E-state index contributed by atoms with van der Waals surface area (Å²) in [4.78, 5) is 233. The Morgan fingerprint density at radius 2 is 0.400 bits per heavy atom. The van der Waals surface area contributed by atoms with Gasteiger partial charge in [-0.1, -0.05) is 13.2 Å². The molecule has 0 spiro atoms. The SMILES string of the molecule is C=C(C(O)=CC(=O)NCCOC)N(C)C.C=C(CN(C)C(=O)C=C(O)C(=O)N(C)C)OCC.CCOC(=O)CN(C)C(=O)C=C(O)C(=O)N(C)C.CCOC(=O)CN(C)C(=O)C=C(O)C(=O)N(C)C.COCCN(C)C(=O)C=C(O)C(=O)N(C)C.COCCN(C)C(=O)C=C(O)C(=O)N(C)C.COCCN(C)C(=O)C=C(O)C(=O)N(C)C.COCCNC(=O)C=C(O)C(=O)N(C)C.COCCNC(=O)C=C(O)C(=O)N(C)C.[Fe].[Fe].[Fe]. The van der Waals surface area contributed by atoms with Crippen LogP contribution in [0.3, 0.4) is 0 Å². The second kappa shape index (κ2) is 94.9. The second-order valence-electron chi connectivity index (χ2n) is 31.0. The molecule has 0 aliphatic carbocycles. The number of ether oxygens (including phenoxy) is 9. The summed E-state index contributed by atoms with van der Waals surface area (Å²) < 4.78 is 43.0. The molecule has 55 nitrogen and oxygen atoms in total. The van der Waals surface area contributed by atoms with E-state index in [2.05, 4.69) is 38.6 Å². The maximum Gasteiger partial charge on any atom is 0.325 e. The molecular weight excluding hydrogens is 2120 g/mol. The van der Waals surface area contributed by atoms with Gasteiger partial charge in [-0.2, -0.15) is 0 Å². The molecule has 0 aromatic heterocycles. The number of hydrogen-bond donors (Lipinski definition) is 12. The van der Waals surface area contributed by atoms with E-state index in [9.17, 15) is 137 Å². The Hall–Kier alpha value is -13.8. The Morgan fingerprint density at radius 3 is 0.567 bits per heavy atom. The Kier molecular flexibility index (Phi) is 102. The van der Waals surface area contributed by atoms with Gasteiger partial charge in [-0.25, -0.2) is 0 Å². The van der Waals surface area contributed by atoms with E-state index < -0.39 is 153 Å². The van der Waals surface area contributed by atoms with Gasteiger partial charge in [0.1, 0.15) is 24.6 Å². The predicted molar refractivity (Wildman–Crippen MR) is 539 cm³/mol. The number of aliphatic hydroxyl groups is 9. The molecule has 0 heterocycles. The molecule has 58 heteroatoms. The number of carbonyl (C=O) groups excluding carboxylic acids is 19. The first-order valence-corrected chi connectivity index (χ1v) is 43.7. The average molecular weight is 2280 g/mol. The number of carbonyl (C=O) groups is 19. The van der Waals surface area contributed by atoms with E-state index in [1.54, 1.807) is 61.1 Å². The maximum atomic E-state index is 11.6. The van der Waals surface area contributed by atoms with Crippen LogP contribution in [0.4, 0.5) is 0 Å². The first-order valence-electron chi connectivity index (χ1n) is 43.7. The molecule has 0 atom stereocenters. The molecule has 864 valence electrons. The Bertz CT molecular complexity index is 4040. The number of esters is 2. The summed E-state index contributed by atoms with van der Waals surface area (Å²) in [6.45, 7) is 17.7. The van der Waals surface area contributed by atoms with Gasteiger partial charge in [0.15, 0.2) is 46.1 Å². The quantitative estimate of drug-likeness (QED) is 0.00736. The van der Waals surface area contributed by atoms with Gasteiger partial charge in [0, 0.05) is 308 Å². The van der Waals surface area contributed by atoms with Crippen molar-refractivity contribution in [2.45, 2.75) is 20.8 Å². The van der Waals surface area contributed by atoms with Crippen LogP contribution in [-0.2, 0) is 185 Å². The summed E-state index contributed by atoms with van der Waals surface area (Å²) in [6, 6.07) is 0. The van der Waals surface area contributed by atoms with Crippen LogP contribution in [0.15, 0.2) is 131 Å². The van der Waals surface area contributed by atoms with E-state index in [0.29, 0.717) is 97.0 Å². The van der Waals surface area contributed by atoms with Crippen LogP contribution in [0.2, 0.25) is 0 Å². The zero-order valence-corrected chi connectivity index (χ0v) is 95.4. The molecule has 0 saturated carbocycles. The normalized spacial score (nSPS) is 10.7. The number of amides is 17. The number of hydrogen-bond acceptors (Lipinski definition) is 38. The topological polar surface area (TPSA) is 674 Å². The molecule has 0 aromatic carbocycles. The third-order valence-electron chi connectivity index (χ3n) is 16.3. The number of nitrogens with zero attached hydrogens (tertiary/aromatic N) is 15. The van der Waals surface area contributed by atoms with Crippen molar-refractivity contribution < 1.29 is 231 Å².